The van der Waals surface area contributed by atoms with Crippen molar-refractivity contribution in [1.82, 2.24) is 0 Å². The number of allylic oxidation sites excluding steroid dienone is 10. The van der Waals surface area contributed by atoms with E-state index in [9.17, 15) is 26.3 Å². The van der Waals surface area contributed by atoms with Gasteiger partial charge in [-0.15, -0.1) is 0 Å². The van der Waals surface area contributed by atoms with Crippen molar-refractivity contribution in [1.29, 1.82) is 0 Å². The van der Waals surface area contributed by atoms with E-state index in [0.29, 0.717) is 28.4 Å². The van der Waals surface area contributed by atoms with E-state index in [4.69, 9.17) is 0 Å². The maximum absolute atomic E-state index is 14.7. The predicted molar refractivity (Wildman–Crippen MR) is 287 cm³/mol. The van der Waals surface area contributed by atoms with E-state index in [1.165, 1.54) is 24.3 Å². The second kappa shape index (κ2) is 18.6. The molecule has 0 N–H and O–H groups in total. The van der Waals surface area contributed by atoms with Gasteiger partial charge in [0.25, 0.3) is 0 Å². The van der Waals surface area contributed by atoms with Crippen LogP contribution in [0.4, 0.5) is 49.1 Å². The minimum Gasteiger partial charge on any atom is -0.330 e. The number of hydrogen-bond acceptors (Lipinski definition) is 2. The van der Waals surface area contributed by atoms with Crippen LogP contribution >= 0.6 is 0 Å². The quantitative estimate of drug-likeness (QED) is 0.126. The van der Waals surface area contributed by atoms with Crippen molar-refractivity contribution < 1.29 is 26.3 Å². The number of hydrogen-bond donors (Lipinski definition) is 0. The number of anilines is 4. The van der Waals surface area contributed by atoms with Crippen molar-refractivity contribution in [3.8, 4) is 44.5 Å². The molecule has 0 aliphatic heterocycles. The van der Waals surface area contributed by atoms with Gasteiger partial charge in [-0.2, -0.15) is 26.3 Å². The molecule has 360 valence electrons. The second-order valence-corrected chi connectivity index (χ2v) is 18.6. The molecule has 8 aromatic rings. The van der Waals surface area contributed by atoms with Gasteiger partial charge in [0.05, 0.1) is 28.6 Å². The molecule has 8 aromatic carbocycles. The van der Waals surface area contributed by atoms with Crippen molar-refractivity contribution in [3.63, 3.8) is 0 Å². The molecular weight excluding hydrogens is 935 g/mol. The van der Waals surface area contributed by atoms with E-state index in [0.717, 1.165) is 84.5 Å². The fraction of sp³-hybridized carbons (Fsp3) is 0.0606. The van der Waals surface area contributed by atoms with Gasteiger partial charge in [0.1, 0.15) is 0 Å². The zero-order valence-electron chi connectivity index (χ0n) is 39.6. The van der Waals surface area contributed by atoms with Crippen LogP contribution in [-0.2, 0) is 12.4 Å². The van der Waals surface area contributed by atoms with Gasteiger partial charge in [0.2, 0.25) is 0 Å². The van der Waals surface area contributed by atoms with E-state index < -0.39 is 29.5 Å². The summed E-state index contributed by atoms with van der Waals surface area (Å²) in [6.45, 7) is 0. The Morgan fingerprint density at radius 2 is 0.905 bits per heavy atom. The van der Waals surface area contributed by atoms with E-state index in [1.807, 2.05) is 180 Å². The molecule has 0 bridgehead atoms. The van der Waals surface area contributed by atoms with E-state index in [2.05, 4.69) is 36.4 Å². The summed E-state index contributed by atoms with van der Waals surface area (Å²) in [6.07, 6.45) is 7.16. The molecule has 0 saturated carbocycles. The van der Waals surface area contributed by atoms with Crippen molar-refractivity contribution in [2.75, 3.05) is 9.80 Å². The van der Waals surface area contributed by atoms with Gasteiger partial charge < -0.3 is 9.80 Å². The Bertz CT molecular complexity index is 3690. The summed E-state index contributed by atoms with van der Waals surface area (Å²) in [6, 6.07) is 62.2. The molecule has 0 spiro atoms. The SMILES string of the molecule is FC(F)(F)c1cccc(N(C2=C3C=CC4=C5C(=CC=C(C=C2)C35)C(N(c2cccc(C(F)(F)F)c2)c2ccc(-c3ccccc3)cc2-c2ccccc2)C=C4)c2ccc(-c3ccccc3)cc2-c2ccccc2)c1. The van der Waals surface area contributed by atoms with Crippen LogP contribution in [0.3, 0.4) is 0 Å². The predicted octanol–water partition coefficient (Wildman–Crippen LogP) is 18.5. The van der Waals surface area contributed by atoms with Gasteiger partial charge in [-0.05, 0) is 128 Å². The van der Waals surface area contributed by atoms with Crippen molar-refractivity contribution >= 4 is 22.7 Å². The lowest BCUT2D eigenvalue weighted by molar-refractivity contribution is -0.138. The number of halogens is 6. The Morgan fingerprint density at radius 1 is 0.392 bits per heavy atom. The van der Waals surface area contributed by atoms with E-state index >= 15 is 0 Å². The first-order valence-electron chi connectivity index (χ1n) is 24.4. The number of benzene rings is 8. The van der Waals surface area contributed by atoms with Crippen LogP contribution in [0.15, 0.2) is 288 Å². The van der Waals surface area contributed by atoms with Gasteiger partial charge in [0.15, 0.2) is 0 Å². The molecule has 2 atom stereocenters. The molecule has 4 aliphatic rings. The number of nitrogens with zero attached hydrogens (tertiary/aromatic N) is 2. The number of rotatable bonds is 10. The maximum Gasteiger partial charge on any atom is 0.416 e. The Morgan fingerprint density at radius 3 is 1.47 bits per heavy atom. The number of alkyl halides is 6. The zero-order valence-corrected chi connectivity index (χ0v) is 39.6. The molecule has 0 radical (unpaired) electrons. The molecule has 12 rings (SSSR count). The van der Waals surface area contributed by atoms with Gasteiger partial charge in [-0.1, -0.05) is 188 Å². The Balaban J connectivity index is 1.04. The smallest absolute Gasteiger partial charge is 0.330 e. The molecule has 0 fully saturated rings. The summed E-state index contributed by atoms with van der Waals surface area (Å²) in [4.78, 5) is 3.95. The van der Waals surface area contributed by atoms with Crippen LogP contribution in [0.1, 0.15) is 11.1 Å². The maximum atomic E-state index is 14.7. The average Bonchev–Trinajstić information content (AvgIpc) is 3.44. The molecule has 0 amide bonds. The summed E-state index contributed by atoms with van der Waals surface area (Å²) in [7, 11) is 0. The Kier molecular flexibility index (Phi) is 11.6. The molecule has 0 saturated heterocycles. The zero-order chi connectivity index (χ0) is 50.6. The van der Waals surface area contributed by atoms with Gasteiger partial charge >= 0.3 is 12.4 Å². The summed E-state index contributed by atoms with van der Waals surface area (Å²) in [5.41, 5.74) is 13.2. The van der Waals surface area contributed by atoms with Crippen LogP contribution in [-0.4, -0.2) is 6.04 Å². The average molecular weight is 979 g/mol. The molecular formula is C66H44F6N2. The highest BCUT2D eigenvalue weighted by Crippen LogP contribution is 2.54. The van der Waals surface area contributed by atoms with Gasteiger partial charge in [-0.25, -0.2) is 0 Å². The molecule has 4 aliphatic carbocycles. The minimum absolute atomic E-state index is 0.327. The van der Waals surface area contributed by atoms with Crippen LogP contribution in [0.25, 0.3) is 44.5 Å². The normalized spacial score (nSPS) is 16.7. The first kappa shape index (κ1) is 46.2. The lowest BCUT2D eigenvalue weighted by atomic mass is 9.67. The van der Waals surface area contributed by atoms with Crippen LogP contribution in [0, 0.1) is 5.92 Å². The lowest BCUT2D eigenvalue weighted by Crippen LogP contribution is -2.37. The third-order valence-electron chi connectivity index (χ3n) is 14.2. The highest BCUT2D eigenvalue weighted by atomic mass is 19.4. The van der Waals surface area contributed by atoms with E-state index in [1.54, 1.807) is 12.1 Å². The molecule has 74 heavy (non-hydrogen) atoms. The standard InChI is InChI=1S/C66H44F6N2/c67-65(68,69)51-23-13-25-53(41-51)73(61-37-31-49(43-15-5-1-6-16-43)39-57(61)45-19-9-3-10-20-45)59-35-29-47-28-34-56-60(36-30-48-27-33-55(59)63(47)64(48)56)74(54-26-14-24-52(42-54)66(70,71)72)62-38-32-50(44-17-7-2-8-18-44)40-58(62)46-21-11-4-12-22-46/h1-42,59,64H. The van der Waals surface area contributed by atoms with Crippen molar-refractivity contribution in [3.05, 3.63) is 300 Å². The lowest BCUT2D eigenvalue weighted by Gasteiger charge is -2.44. The topological polar surface area (TPSA) is 6.48 Å². The Hall–Kier alpha value is -8.88. The monoisotopic (exact) mass is 978 g/mol. The summed E-state index contributed by atoms with van der Waals surface area (Å²) < 4.78 is 88.3. The summed E-state index contributed by atoms with van der Waals surface area (Å²) in [5.74, 6) is -0.378. The fourth-order valence-electron chi connectivity index (χ4n) is 10.8. The minimum atomic E-state index is -4.61. The first-order chi connectivity index (χ1) is 36.0. The fourth-order valence-corrected chi connectivity index (χ4v) is 10.8. The second-order valence-electron chi connectivity index (χ2n) is 18.6. The van der Waals surface area contributed by atoms with Crippen LogP contribution in [0.5, 0.6) is 0 Å². The molecule has 2 nitrogen and oxygen atoms in total. The largest absolute Gasteiger partial charge is 0.416 e. The third-order valence-corrected chi connectivity index (χ3v) is 14.2. The molecule has 2 unspecified atom stereocenters. The van der Waals surface area contributed by atoms with Crippen LogP contribution in [0.2, 0.25) is 0 Å². The summed E-state index contributed by atoms with van der Waals surface area (Å²) >= 11 is 0. The highest BCUT2D eigenvalue weighted by molar-refractivity contribution is 5.91. The third kappa shape index (κ3) is 8.52. The van der Waals surface area contributed by atoms with E-state index in [-0.39, 0.29) is 5.92 Å². The molecule has 8 heteroatoms. The van der Waals surface area contributed by atoms with Gasteiger partial charge in [-0.3, -0.25) is 0 Å². The highest BCUT2D eigenvalue weighted by Gasteiger charge is 2.41. The molecule has 0 aromatic heterocycles. The summed E-state index contributed by atoms with van der Waals surface area (Å²) in [5, 5.41) is 0. The van der Waals surface area contributed by atoms with Gasteiger partial charge in [0, 0.05) is 34.1 Å². The van der Waals surface area contributed by atoms with Crippen molar-refractivity contribution in [2.24, 2.45) is 5.92 Å². The first-order valence-corrected chi connectivity index (χ1v) is 24.4. The van der Waals surface area contributed by atoms with Crippen molar-refractivity contribution in [2.45, 2.75) is 18.4 Å². The van der Waals surface area contributed by atoms with Crippen LogP contribution < -0.4 is 9.80 Å². The molecule has 0 heterocycles. The Labute approximate surface area is 425 Å².